The monoisotopic (exact) mass is 523 g/mol. The topological polar surface area (TPSA) is 108 Å². The number of benzene rings is 3. The highest BCUT2D eigenvalue weighted by Gasteiger charge is 2.27. The molecule has 0 saturated carbocycles. The Bertz CT molecular complexity index is 1730. The molecule has 11 heteroatoms. The van der Waals surface area contributed by atoms with Gasteiger partial charge in [0, 0.05) is 34.3 Å². The summed E-state index contributed by atoms with van der Waals surface area (Å²) < 4.78 is 39.3. The van der Waals surface area contributed by atoms with Gasteiger partial charge in [-0.3, -0.25) is 0 Å². The molecule has 0 fully saturated rings. The number of fused-ring (bicyclic) bond motifs is 3. The second kappa shape index (κ2) is 8.96. The van der Waals surface area contributed by atoms with Crippen LogP contribution in [0.4, 0.5) is 11.5 Å². The van der Waals surface area contributed by atoms with Crippen molar-refractivity contribution in [2.75, 3.05) is 19.5 Å². The van der Waals surface area contributed by atoms with Gasteiger partial charge in [0.15, 0.2) is 5.65 Å². The maximum Gasteiger partial charge on any atom is 0.229 e. The molecule has 0 unspecified atom stereocenters. The van der Waals surface area contributed by atoms with E-state index in [1.54, 1.807) is 68.8 Å². The molecule has 1 N–H and O–H groups in total. The van der Waals surface area contributed by atoms with Gasteiger partial charge >= 0.3 is 0 Å². The van der Waals surface area contributed by atoms with Crippen LogP contribution in [0, 0.1) is 13.8 Å². The van der Waals surface area contributed by atoms with Crippen molar-refractivity contribution in [1.82, 2.24) is 19.8 Å². The number of nitrogens with zero attached hydrogens (tertiary/aromatic N) is 4. The predicted molar refractivity (Wildman–Crippen MR) is 137 cm³/mol. The van der Waals surface area contributed by atoms with E-state index in [4.69, 9.17) is 21.1 Å². The summed E-state index contributed by atoms with van der Waals surface area (Å²) in [4.78, 5) is 4.77. The van der Waals surface area contributed by atoms with Crippen molar-refractivity contribution < 1.29 is 17.9 Å². The van der Waals surface area contributed by atoms with Crippen molar-refractivity contribution in [1.29, 1.82) is 0 Å². The number of nitrogens with one attached hydrogen (secondary N) is 1. The van der Waals surface area contributed by atoms with E-state index < -0.39 is 9.84 Å². The summed E-state index contributed by atoms with van der Waals surface area (Å²) in [5.41, 5.74) is 3.13. The molecular formula is C25H22ClN5O4S. The van der Waals surface area contributed by atoms with Crippen LogP contribution in [-0.2, 0) is 9.84 Å². The first-order valence-corrected chi connectivity index (χ1v) is 12.7. The molecule has 0 radical (unpaired) electrons. The zero-order chi connectivity index (χ0) is 25.6. The summed E-state index contributed by atoms with van der Waals surface area (Å²) in [6, 6.07) is 15.4. The highest BCUT2D eigenvalue weighted by atomic mass is 35.5. The number of anilines is 2. The van der Waals surface area contributed by atoms with Crippen LogP contribution in [0.25, 0.3) is 16.6 Å². The molecule has 2 aromatic heterocycles. The van der Waals surface area contributed by atoms with Gasteiger partial charge in [0.2, 0.25) is 14.9 Å². The van der Waals surface area contributed by atoms with Gasteiger partial charge in [-0.1, -0.05) is 22.9 Å². The Morgan fingerprint density at radius 3 is 2.31 bits per heavy atom. The highest BCUT2D eigenvalue weighted by molar-refractivity contribution is 7.91. The molecule has 5 rings (SSSR count). The lowest BCUT2D eigenvalue weighted by atomic mass is 10.1. The number of aromatic nitrogens is 4. The van der Waals surface area contributed by atoms with E-state index in [2.05, 4.69) is 20.6 Å². The number of halogens is 1. The van der Waals surface area contributed by atoms with Crippen molar-refractivity contribution in [3.63, 3.8) is 0 Å². The van der Waals surface area contributed by atoms with Gasteiger partial charge in [-0.25, -0.2) is 13.4 Å². The molecular weight excluding hydrogens is 502 g/mol. The van der Waals surface area contributed by atoms with Gasteiger partial charge in [-0.15, -0.1) is 5.10 Å². The van der Waals surface area contributed by atoms with Crippen molar-refractivity contribution in [3.05, 3.63) is 70.7 Å². The van der Waals surface area contributed by atoms with Crippen molar-refractivity contribution in [2.24, 2.45) is 0 Å². The minimum atomic E-state index is -4.00. The molecule has 184 valence electrons. The number of aryl methyl sites for hydroxylation is 2. The summed E-state index contributed by atoms with van der Waals surface area (Å²) in [7, 11) is -0.889. The Hall–Kier alpha value is -3.89. The van der Waals surface area contributed by atoms with E-state index in [-0.39, 0.29) is 15.6 Å². The molecule has 5 aromatic rings. The van der Waals surface area contributed by atoms with Gasteiger partial charge < -0.3 is 14.8 Å². The van der Waals surface area contributed by atoms with Gasteiger partial charge in [0.25, 0.3) is 0 Å². The normalized spacial score (nSPS) is 11.7. The van der Waals surface area contributed by atoms with Crippen molar-refractivity contribution in [2.45, 2.75) is 23.8 Å². The van der Waals surface area contributed by atoms with Gasteiger partial charge in [0.1, 0.15) is 17.3 Å². The maximum atomic E-state index is 13.6. The Balaban J connectivity index is 1.74. The number of hydrogen-bond donors (Lipinski definition) is 1. The van der Waals surface area contributed by atoms with Crippen LogP contribution in [0.5, 0.6) is 11.5 Å². The second-order valence-corrected chi connectivity index (χ2v) is 10.5. The lowest BCUT2D eigenvalue weighted by Crippen LogP contribution is -2.06. The molecule has 2 heterocycles. The first-order chi connectivity index (χ1) is 17.2. The largest absolute Gasteiger partial charge is 0.497 e. The molecule has 0 spiro atoms. The maximum absolute atomic E-state index is 13.6. The average Bonchev–Trinajstić information content (AvgIpc) is 3.30. The minimum absolute atomic E-state index is 0.0837. The summed E-state index contributed by atoms with van der Waals surface area (Å²) >= 11 is 6.29. The first-order valence-electron chi connectivity index (χ1n) is 10.9. The number of ether oxygens (including phenoxy) is 2. The van der Waals surface area contributed by atoms with E-state index in [1.807, 2.05) is 13.8 Å². The van der Waals surface area contributed by atoms with Crippen LogP contribution in [0.3, 0.4) is 0 Å². The lowest BCUT2D eigenvalue weighted by Gasteiger charge is -2.13. The Kier molecular flexibility index (Phi) is 5.93. The van der Waals surface area contributed by atoms with Gasteiger partial charge in [-0.2, -0.15) is 4.52 Å². The SMILES string of the molecule is COc1cc(Nc2nc3c(S(=O)(=O)c4ccc(C)c(C)c4)nnn3c3ccc(Cl)cc23)cc(OC)c1. The third-order valence-electron chi connectivity index (χ3n) is 5.93. The molecule has 9 nitrogen and oxygen atoms in total. The summed E-state index contributed by atoms with van der Waals surface area (Å²) in [5.74, 6) is 1.52. The summed E-state index contributed by atoms with van der Waals surface area (Å²) in [5, 5.41) is 12.3. The Morgan fingerprint density at radius 2 is 1.64 bits per heavy atom. The lowest BCUT2D eigenvalue weighted by molar-refractivity contribution is 0.395. The Morgan fingerprint density at radius 1 is 0.917 bits per heavy atom. The van der Waals surface area contributed by atoms with E-state index in [0.717, 1.165) is 11.1 Å². The molecule has 0 bridgehead atoms. The predicted octanol–water partition coefficient (Wildman–Crippen LogP) is 5.14. The average molecular weight is 524 g/mol. The van der Waals surface area contributed by atoms with Crippen LogP contribution in [0.1, 0.15) is 11.1 Å². The van der Waals surface area contributed by atoms with Crippen LogP contribution in [0.2, 0.25) is 5.02 Å². The van der Waals surface area contributed by atoms with Gasteiger partial charge in [0.05, 0.1) is 24.6 Å². The smallest absolute Gasteiger partial charge is 0.229 e. The fourth-order valence-electron chi connectivity index (χ4n) is 3.85. The highest BCUT2D eigenvalue weighted by Crippen LogP contribution is 2.33. The quantitative estimate of drug-likeness (QED) is 0.326. The molecule has 0 amide bonds. The van der Waals surface area contributed by atoms with Crippen LogP contribution in [0.15, 0.2) is 64.5 Å². The zero-order valence-electron chi connectivity index (χ0n) is 19.9. The molecule has 3 aromatic carbocycles. The Labute approximate surface area is 212 Å². The van der Waals surface area contributed by atoms with Crippen LogP contribution >= 0.6 is 11.6 Å². The standard InChI is InChI=1S/C25H22ClN5O4S/c1-14-5-7-20(9-15(14)2)36(32,33)25-24-28-23(27-17-11-18(34-3)13-19(12-17)35-4)21-10-16(26)6-8-22(21)31(24)30-29-25/h5-13H,1-4H3,(H,27,28). The number of methoxy groups -OCH3 is 2. The number of hydrogen-bond acceptors (Lipinski definition) is 8. The molecule has 0 atom stereocenters. The molecule has 0 aliphatic carbocycles. The zero-order valence-corrected chi connectivity index (χ0v) is 21.5. The van der Waals surface area contributed by atoms with Crippen molar-refractivity contribution in [3.8, 4) is 11.5 Å². The number of rotatable bonds is 6. The van der Waals surface area contributed by atoms with E-state index >= 15 is 0 Å². The fraction of sp³-hybridized carbons (Fsp3) is 0.160. The van der Waals surface area contributed by atoms with Crippen LogP contribution < -0.4 is 14.8 Å². The van der Waals surface area contributed by atoms with E-state index in [1.165, 1.54) is 4.52 Å². The third kappa shape index (κ3) is 4.08. The minimum Gasteiger partial charge on any atom is -0.497 e. The van der Waals surface area contributed by atoms with E-state index in [0.29, 0.717) is 38.9 Å². The summed E-state index contributed by atoms with van der Waals surface area (Å²) in [6.07, 6.45) is 0. The van der Waals surface area contributed by atoms with Crippen LogP contribution in [-0.4, -0.2) is 42.4 Å². The second-order valence-electron chi connectivity index (χ2n) is 8.23. The molecule has 36 heavy (non-hydrogen) atoms. The fourth-order valence-corrected chi connectivity index (χ4v) is 5.34. The van der Waals surface area contributed by atoms with Crippen molar-refractivity contribution >= 4 is 49.5 Å². The van der Waals surface area contributed by atoms with Gasteiger partial charge in [-0.05, 0) is 55.3 Å². The third-order valence-corrected chi connectivity index (χ3v) is 7.82. The first kappa shape index (κ1) is 23.8. The molecule has 0 aliphatic heterocycles. The summed E-state index contributed by atoms with van der Waals surface area (Å²) in [6.45, 7) is 3.78. The molecule has 0 aliphatic rings. The number of sulfone groups is 1. The molecule has 0 saturated heterocycles. The van der Waals surface area contributed by atoms with E-state index in [9.17, 15) is 8.42 Å².